The van der Waals surface area contributed by atoms with Gasteiger partial charge in [0.15, 0.2) is 6.10 Å². The van der Waals surface area contributed by atoms with Crippen LogP contribution in [-0.4, -0.2) is 76.6 Å². The van der Waals surface area contributed by atoms with Gasteiger partial charge >= 0.3 is 5.97 Å². The number of morpholine rings is 1. The van der Waals surface area contributed by atoms with Gasteiger partial charge in [0.25, 0.3) is 5.91 Å². The maximum Gasteiger partial charge on any atom is 0.341 e. The first-order valence-electron chi connectivity index (χ1n) is 10.7. The first kappa shape index (κ1) is 26.6. The Balaban J connectivity index is 2.36. The quantitative estimate of drug-likeness (QED) is 0.553. The Morgan fingerprint density at radius 1 is 1.24 bits per heavy atom. The second-order valence-electron chi connectivity index (χ2n) is 8.57. The molecule has 1 fully saturated rings. The number of nitriles is 1. The highest BCUT2D eigenvalue weighted by Gasteiger charge is 2.33. The van der Waals surface area contributed by atoms with Crippen molar-refractivity contribution in [3.8, 4) is 6.07 Å². The number of sulfonamides is 1. The zero-order chi connectivity index (χ0) is 25.0. The van der Waals surface area contributed by atoms with Gasteiger partial charge in [-0.3, -0.25) is 4.79 Å². The molecule has 1 aromatic rings. The van der Waals surface area contributed by atoms with Crippen LogP contribution in [0.25, 0.3) is 0 Å². The minimum absolute atomic E-state index is 0.0337. The molecule has 0 aliphatic carbocycles. The van der Waals surface area contributed by atoms with Gasteiger partial charge in [-0.1, -0.05) is 13.8 Å². The number of rotatable bonds is 8. The van der Waals surface area contributed by atoms with E-state index < -0.39 is 33.5 Å². The second kappa shape index (κ2) is 10.5. The van der Waals surface area contributed by atoms with Crippen molar-refractivity contribution in [2.75, 3.05) is 45.3 Å². The Kier molecular flexibility index (Phi) is 8.46. The maximum absolute atomic E-state index is 13.1. The van der Waals surface area contributed by atoms with Crippen LogP contribution in [0.2, 0.25) is 0 Å². The third-order valence-electron chi connectivity index (χ3n) is 5.74. The second-order valence-corrected chi connectivity index (χ2v) is 10.7. The third-order valence-corrected chi connectivity index (χ3v) is 7.55. The lowest BCUT2D eigenvalue weighted by molar-refractivity contribution is -0.130. The van der Waals surface area contributed by atoms with Crippen LogP contribution in [0.5, 0.6) is 0 Å². The summed E-state index contributed by atoms with van der Waals surface area (Å²) in [5.41, 5.74) is -0.597. The number of carbonyl (C=O) groups excluding carboxylic acids is 2. The van der Waals surface area contributed by atoms with E-state index in [-0.39, 0.29) is 16.4 Å². The van der Waals surface area contributed by atoms with Crippen LogP contribution in [0, 0.1) is 17.2 Å². The van der Waals surface area contributed by atoms with Gasteiger partial charge in [-0.25, -0.2) is 17.5 Å². The Labute approximate surface area is 195 Å². The molecule has 0 spiro atoms. The van der Waals surface area contributed by atoms with E-state index >= 15 is 0 Å². The SMILES string of the molecule is CC(C)[C@](C)(C#N)NC(=O)[C@H](C)OC(=O)c1cc(S(=O)(=O)N(C)C)ccc1N1CCOCC1. The van der Waals surface area contributed by atoms with Crippen molar-refractivity contribution < 1.29 is 27.5 Å². The molecule has 10 nitrogen and oxygen atoms in total. The molecule has 1 heterocycles. The van der Waals surface area contributed by atoms with Crippen molar-refractivity contribution in [3.63, 3.8) is 0 Å². The smallest absolute Gasteiger partial charge is 0.341 e. The number of esters is 1. The molecule has 1 aliphatic rings. The number of anilines is 1. The molecule has 33 heavy (non-hydrogen) atoms. The Morgan fingerprint density at radius 2 is 1.85 bits per heavy atom. The van der Waals surface area contributed by atoms with E-state index in [1.807, 2.05) is 4.90 Å². The lowest BCUT2D eigenvalue weighted by Crippen LogP contribution is -2.52. The number of hydrogen-bond donors (Lipinski definition) is 1. The van der Waals surface area contributed by atoms with E-state index in [0.29, 0.717) is 32.0 Å². The minimum atomic E-state index is -3.80. The highest BCUT2D eigenvalue weighted by atomic mass is 32.2. The minimum Gasteiger partial charge on any atom is -0.449 e. The van der Waals surface area contributed by atoms with Crippen molar-refractivity contribution in [1.29, 1.82) is 5.26 Å². The topological polar surface area (TPSA) is 129 Å². The molecule has 0 aromatic heterocycles. The fourth-order valence-corrected chi connectivity index (χ4v) is 3.99. The fraction of sp³-hybridized carbons (Fsp3) is 0.591. The molecular weight excluding hydrogens is 448 g/mol. The predicted molar refractivity (Wildman–Crippen MR) is 122 cm³/mol. The summed E-state index contributed by atoms with van der Waals surface area (Å²) in [6.07, 6.45) is -1.20. The van der Waals surface area contributed by atoms with E-state index in [1.165, 1.54) is 33.2 Å². The monoisotopic (exact) mass is 480 g/mol. The van der Waals surface area contributed by atoms with Gasteiger partial charge < -0.3 is 19.7 Å². The zero-order valence-corrected chi connectivity index (χ0v) is 20.7. The van der Waals surface area contributed by atoms with Gasteiger partial charge in [0.05, 0.1) is 35.4 Å². The molecule has 0 saturated carbocycles. The lowest BCUT2D eigenvalue weighted by Gasteiger charge is -2.31. The molecule has 1 aromatic carbocycles. The Hall–Kier alpha value is -2.68. The summed E-state index contributed by atoms with van der Waals surface area (Å²) in [5.74, 6) is -1.63. The molecule has 1 N–H and O–H groups in total. The van der Waals surface area contributed by atoms with E-state index in [2.05, 4.69) is 11.4 Å². The normalized spacial score (nSPS) is 17.2. The summed E-state index contributed by atoms with van der Waals surface area (Å²) in [6.45, 7) is 8.56. The number of nitrogens with one attached hydrogen (secondary N) is 1. The number of nitrogens with zero attached hydrogens (tertiary/aromatic N) is 3. The fourth-order valence-electron chi connectivity index (χ4n) is 3.07. The van der Waals surface area contributed by atoms with Crippen LogP contribution in [0.3, 0.4) is 0 Å². The van der Waals surface area contributed by atoms with Gasteiger partial charge in [0.1, 0.15) is 5.54 Å². The average molecular weight is 481 g/mol. The highest BCUT2D eigenvalue weighted by molar-refractivity contribution is 7.89. The molecule has 182 valence electrons. The van der Waals surface area contributed by atoms with Gasteiger partial charge in [-0.15, -0.1) is 0 Å². The summed E-state index contributed by atoms with van der Waals surface area (Å²) >= 11 is 0. The standard InChI is InChI=1S/C22H32N4O6S/c1-15(2)22(4,14-23)24-20(27)16(3)32-21(28)18-13-17(33(29,30)25(5)6)7-8-19(18)26-9-11-31-12-10-26/h7-8,13,15-16H,9-12H2,1-6H3,(H,24,27)/t16-,22-/m0/s1. The molecule has 2 rings (SSSR count). The lowest BCUT2D eigenvalue weighted by atomic mass is 9.90. The van der Waals surface area contributed by atoms with Gasteiger partial charge in [0.2, 0.25) is 10.0 Å². The third kappa shape index (κ3) is 6.01. The maximum atomic E-state index is 13.1. The first-order chi connectivity index (χ1) is 15.3. The van der Waals surface area contributed by atoms with Crippen LogP contribution in [0.4, 0.5) is 5.69 Å². The average Bonchev–Trinajstić information content (AvgIpc) is 2.78. The van der Waals surface area contributed by atoms with Crippen LogP contribution < -0.4 is 10.2 Å². The number of hydrogen-bond acceptors (Lipinski definition) is 8. The van der Waals surface area contributed by atoms with Crippen LogP contribution in [-0.2, 0) is 24.3 Å². The molecular formula is C22H32N4O6S. The van der Waals surface area contributed by atoms with E-state index in [0.717, 1.165) is 4.31 Å². The molecule has 2 atom stereocenters. The molecule has 0 bridgehead atoms. The van der Waals surface area contributed by atoms with E-state index in [4.69, 9.17) is 9.47 Å². The van der Waals surface area contributed by atoms with Crippen molar-refractivity contribution in [1.82, 2.24) is 9.62 Å². The van der Waals surface area contributed by atoms with Crippen molar-refractivity contribution in [2.24, 2.45) is 5.92 Å². The summed E-state index contributed by atoms with van der Waals surface area (Å²) in [4.78, 5) is 27.6. The van der Waals surface area contributed by atoms with Crippen molar-refractivity contribution >= 4 is 27.6 Å². The summed E-state index contributed by atoms with van der Waals surface area (Å²) < 4.78 is 37.1. The number of benzene rings is 1. The summed E-state index contributed by atoms with van der Waals surface area (Å²) in [5, 5.41) is 12.1. The van der Waals surface area contributed by atoms with Crippen LogP contribution in [0.15, 0.2) is 23.1 Å². The Bertz CT molecular complexity index is 1030. The number of ether oxygens (including phenoxy) is 2. The first-order valence-corrected chi connectivity index (χ1v) is 12.1. The van der Waals surface area contributed by atoms with E-state index in [9.17, 15) is 23.3 Å². The predicted octanol–water partition coefficient (Wildman–Crippen LogP) is 1.37. The summed E-state index contributed by atoms with van der Waals surface area (Å²) in [6, 6.07) is 6.34. The van der Waals surface area contributed by atoms with Crippen molar-refractivity contribution in [2.45, 2.75) is 44.2 Å². The number of carbonyl (C=O) groups is 2. The highest BCUT2D eigenvalue weighted by Crippen LogP contribution is 2.27. The Morgan fingerprint density at radius 3 is 2.36 bits per heavy atom. The largest absolute Gasteiger partial charge is 0.449 e. The molecule has 1 amide bonds. The molecule has 0 unspecified atom stereocenters. The van der Waals surface area contributed by atoms with E-state index in [1.54, 1.807) is 26.8 Å². The molecule has 1 aliphatic heterocycles. The summed E-state index contributed by atoms with van der Waals surface area (Å²) in [7, 11) is -0.996. The number of amides is 1. The van der Waals surface area contributed by atoms with Crippen LogP contribution >= 0.6 is 0 Å². The van der Waals surface area contributed by atoms with Gasteiger partial charge in [0, 0.05) is 27.2 Å². The van der Waals surface area contributed by atoms with Gasteiger partial charge in [-0.05, 0) is 38.0 Å². The van der Waals surface area contributed by atoms with Gasteiger partial charge in [-0.2, -0.15) is 5.26 Å². The molecule has 1 saturated heterocycles. The molecule has 11 heteroatoms. The molecule has 0 radical (unpaired) electrons. The zero-order valence-electron chi connectivity index (χ0n) is 19.9. The van der Waals surface area contributed by atoms with Crippen LogP contribution in [0.1, 0.15) is 38.1 Å². The van der Waals surface area contributed by atoms with Crippen molar-refractivity contribution in [3.05, 3.63) is 23.8 Å².